The summed E-state index contributed by atoms with van der Waals surface area (Å²) in [6.07, 6.45) is 1.25. The van der Waals surface area contributed by atoms with Crippen LogP contribution < -0.4 is 10.2 Å². The van der Waals surface area contributed by atoms with Crippen LogP contribution >= 0.6 is 22.6 Å². The lowest BCUT2D eigenvalue weighted by Gasteiger charge is -2.18. The van der Waals surface area contributed by atoms with Crippen molar-refractivity contribution in [2.45, 2.75) is 20.3 Å². The molecule has 1 saturated heterocycles. The zero-order chi connectivity index (χ0) is 16.4. The van der Waals surface area contributed by atoms with Crippen molar-refractivity contribution in [1.82, 2.24) is 0 Å². The Morgan fingerprint density at radius 1 is 1.22 bits per heavy atom. The van der Waals surface area contributed by atoms with Gasteiger partial charge in [0.05, 0.1) is 5.56 Å². The smallest absolute Gasteiger partial charge is 0.256 e. The van der Waals surface area contributed by atoms with Crippen molar-refractivity contribution >= 4 is 39.9 Å². The molecule has 1 heterocycles. The zero-order valence-corrected chi connectivity index (χ0v) is 15.6. The van der Waals surface area contributed by atoms with E-state index in [1.54, 1.807) is 0 Å². The lowest BCUT2D eigenvalue weighted by atomic mass is 10.1. The van der Waals surface area contributed by atoms with Gasteiger partial charge in [0.1, 0.15) is 0 Å². The van der Waals surface area contributed by atoms with Gasteiger partial charge in [0.15, 0.2) is 0 Å². The van der Waals surface area contributed by atoms with Gasteiger partial charge in [-0.25, -0.2) is 0 Å². The van der Waals surface area contributed by atoms with Crippen LogP contribution in [-0.2, 0) is 0 Å². The van der Waals surface area contributed by atoms with E-state index in [0.717, 1.165) is 39.4 Å². The van der Waals surface area contributed by atoms with E-state index in [2.05, 4.69) is 51.9 Å². The molecule has 0 aliphatic carbocycles. The minimum absolute atomic E-state index is 0.0550. The second kappa shape index (κ2) is 6.91. The molecule has 1 aliphatic rings. The summed E-state index contributed by atoms with van der Waals surface area (Å²) in [4.78, 5) is 14.8. The van der Waals surface area contributed by atoms with Crippen molar-refractivity contribution in [3.05, 3.63) is 57.2 Å². The van der Waals surface area contributed by atoms with Crippen LogP contribution in [0.1, 0.15) is 29.3 Å². The largest absolute Gasteiger partial charge is 0.371 e. The van der Waals surface area contributed by atoms with Crippen molar-refractivity contribution < 1.29 is 4.79 Å². The first-order valence-corrected chi connectivity index (χ1v) is 9.04. The van der Waals surface area contributed by atoms with Crippen LogP contribution in [0.3, 0.4) is 0 Å². The average molecular weight is 420 g/mol. The van der Waals surface area contributed by atoms with Crippen LogP contribution in [0, 0.1) is 16.4 Å². The van der Waals surface area contributed by atoms with Crippen molar-refractivity contribution in [1.29, 1.82) is 0 Å². The van der Waals surface area contributed by atoms with E-state index in [1.165, 1.54) is 12.1 Å². The van der Waals surface area contributed by atoms with E-state index in [-0.39, 0.29) is 5.91 Å². The SMILES string of the molecule is Cc1cccc(C(=O)Nc2ccc(N3CCC(C)C3)cc2)c1I. The zero-order valence-electron chi connectivity index (χ0n) is 13.5. The number of hydrogen-bond donors (Lipinski definition) is 1. The quantitative estimate of drug-likeness (QED) is 0.731. The number of hydrogen-bond acceptors (Lipinski definition) is 2. The van der Waals surface area contributed by atoms with Gasteiger partial charge in [0.25, 0.3) is 5.91 Å². The van der Waals surface area contributed by atoms with E-state index < -0.39 is 0 Å². The summed E-state index contributed by atoms with van der Waals surface area (Å²) >= 11 is 2.23. The molecular weight excluding hydrogens is 399 g/mol. The van der Waals surface area contributed by atoms with Crippen LogP contribution in [0.25, 0.3) is 0 Å². The monoisotopic (exact) mass is 420 g/mol. The molecule has 1 unspecified atom stereocenters. The number of aryl methyl sites for hydroxylation is 1. The van der Waals surface area contributed by atoms with Crippen LogP contribution in [0.5, 0.6) is 0 Å². The van der Waals surface area contributed by atoms with Gasteiger partial charge in [-0.2, -0.15) is 0 Å². The molecule has 0 radical (unpaired) electrons. The predicted octanol–water partition coefficient (Wildman–Crippen LogP) is 4.70. The lowest BCUT2D eigenvalue weighted by molar-refractivity contribution is 0.102. The van der Waals surface area contributed by atoms with Crippen molar-refractivity contribution in [2.24, 2.45) is 5.92 Å². The topological polar surface area (TPSA) is 32.3 Å². The summed E-state index contributed by atoms with van der Waals surface area (Å²) in [5, 5.41) is 2.99. The molecule has 1 N–H and O–H groups in total. The summed E-state index contributed by atoms with van der Waals surface area (Å²) < 4.78 is 1.00. The number of benzene rings is 2. The molecule has 2 aromatic carbocycles. The number of halogens is 1. The van der Waals surface area contributed by atoms with Crippen LogP contribution in [-0.4, -0.2) is 19.0 Å². The summed E-state index contributed by atoms with van der Waals surface area (Å²) in [5.74, 6) is 0.707. The van der Waals surface area contributed by atoms with Crippen LogP contribution in [0.4, 0.5) is 11.4 Å². The predicted molar refractivity (Wildman–Crippen MR) is 104 cm³/mol. The summed E-state index contributed by atoms with van der Waals surface area (Å²) in [7, 11) is 0. The molecule has 3 nitrogen and oxygen atoms in total. The highest BCUT2D eigenvalue weighted by atomic mass is 127. The maximum Gasteiger partial charge on any atom is 0.256 e. The first-order chi connectivity index (χ1) is 11.0. The van der Waals surface area contributed by atoms with Gasteiger partial charge >= 0.3 is 0 Å². The van der Waals surface area contributed by atoms with Gasteiger partial charge in [0, 0.05) is 28.0 Å². The summed E-state index contributed by atoms with van der Waals surface area (Å²) in [6.45, 7) is 6.55. The van der Waals surface area contributed by atoms with Crippen LogP contribution in [0.2, 0.25) is 0 Å². The fraction of sp³-hybridized carbons (Fsp3) is 0.316. The number of carbonyl (C=O) groups is 1. The Morgan fingerprint density at radius 3 is 2.61 bits per heavy atom. The van der Waals surface area contributed by atoms with E-state index in [4.69, 9.17) is 0 Å². The molecule has 0 bridgehead atoms. The third kappa shape index (κ3) is 3.68. The second-order valence-electron chi connectivity index (χ2n) is 6.28. The molecule has 0 saturated carbocycles. The van der Waals surface area contributed by atoms with E-state index in [0.29, 0.717) is 0 Å². The summed E-state index contributed by atoms with van der Waals surface area (Å²) in [5.41, 5.74) is 3.92. The number of amides is 1. The molecule has 0 aromatic heterocycles. The van der Waals surface area contributed by atoms with Gasteiger partial charge in [-0.1, -0.05) is 19.1 Å². The first kappa shape index (κ1) is 16.3. The highest BCUT2D eigenvalue weighted by Crippen LogP contribution is 2.25. The molecular formula is C19H21IN2O. The Hall–Kier alpha value is -1.56. The van der Waals surface area contributed by atoms with E-state index in [1.807, 2.05) is 37.3 Å². The van der Waals surface area contributed by atoms with Gasteiger partial charge in [-0.05, 0) is 77.7 Å². The number of rotatable bonds is 3. The molecule has 3 rings (SSSR count). The maximum atomic E-state index is 12.4. The van der Waals surface area contributed by atoms with Gasteiger partial charge in [-0.3, -0.25) is 4.79 Å². The molecule has 0 spiro atoms. The second-order valence-corrected chi connectivity index (χ2v) is 7.36. The Morgan fingerprint density at radius 2 is 1.96 bits per heavy atom. The fourth-order valence-electron chi connectivity index (χ4n) is 2.95. The molecule has 2 aromatic rings. The Balaban J connectivity index is 1.71. The molecule has 1 aliphatic heterocycles. The Labute approximate surface area is 151 Å². The van der Waals surface area contributed by atoms with Crippen molar-refractivity contribution in [2.75, 3.05) is 23.3 Å². The maximum absolute atomic E-state index is 12.4. The number of anilines is 2. The lowest BCUT2D eigenvalue weighted by Crippen LogP contribution is -2.19. The molecule has 23 heavy (non-hydrogen) atoms. The molecule has 1 atom stereocenters. The molecule has 1 amide bonds. The third-order valence-corrected chi connectivity index (χ3v) is 5.78. The Bertz CT molecular complexity index is 712. The van der Waals surface area contributed by atoms with Crippen LogP contribution in [0.15, 0.2) is 42.5 Å². The van der Waals surface area contributed by atoms with Crippen molar-refractivity contribution in [3.8, 4) is 0 Å². The number of nitrogens with one attached hydrogen (secondary N) is 1. The minimum Gasteiger partial charge on any atom is -0.371 e. The molecule has 120 valence electrons. The minimum atomic E-state index is -0.0550. The fourth-order valence-corrected chi connectivity index (χ4v) is 3.55. The van der Waals surface area contributed by atoms with E-state index in [9.17, 15) is 4.79 Å². The van der Waals surface area contributed by atoms with Gasteiger partial charge < -0.3 is 10.2 Å². The Kier molecular flexibility index (Phi) is 4.90. The molecule has 4 heteroatoms. The number of nitrogens with zero attached hydrogens (tertiary/aromatic N) is 1. The number of carbonyl (C=O) groups excluding carboxylic acids is 1. The van der Waals surface area contributed by atoms with Crippen molar-refractivity contribution in [3.63, 3.8) is 0 Å². The third-order valence-electron chi connectivity index (χ3n) is 4.35. The highest BCUT2D eigenvalue weighted by Gasteiger charge is 2.18. The summed E-state index contributed by atoms with van der Waals surface area (Å²) in [6, 6.07) is 14.0. The van der Waals surface area contributed by atoms with Gasteiger partial charge in [0.2, 0.25) is 0 Å². The standard InChI is InChI=1S/C19H21IN2O/c1-13-10-11-22(12-13)16-8-6-15(7-9-16)21-19(23)17-5-3-4-14(2)18(17)20/h3-9,13H,10-12H2,1-2H3,(H,21,23). The van der Waals surface area contributed by atoms with Gasteiger partial charge in [-0.15, -0.1) is 0 Å². The average Bonchev–Trinajstić information content (AvgIpc) is 2.97. The normalized spacial score (nSPS) is 17.3. The molecule has 1 fully saturated rings. The first-order valence-electron chi connectivity index (χ1n) is 7.96. The highest BCUT2D eigenvalue weighted by molar-refractivity contribution is 14.1. The van der Waals surface area contributed by atoms with E-state index >= 15 is 0 Å².